The van der Waals surface area contributed by atoms with Crippen LogP contribution in [0, 0.1) is 0 Å². The molecule has 3 heteroatoms. The van der Waals surface area contributed by atoms with Gasteiger partial charge in [0, 0.05) is 0 Å². The summed E-state index contributed by atoms with van der Waals surface area (Å²) in [7, 11) is 0. The van der Waals surface area contributed by atoms with Gasteiger partial charge in [-0.1, -0.05) is 6.58 Å². The fourth-order valence-corrected chi connectivity index (χ4v) is 1.00. The summed E-state index contributed by atoms with van der Waals surface area (Å²) >= 11 is 0. The summed E-state index contributed by atoms with van der Waals surface area (Å²) < 4.78 is 10.6. The summed E-state index contributed by atoms with van der Waals surface area (Å²) in [6.45, 7) is 6.52. The van der Waals surface area contributed by atoms with Crippen molar-refractivity contribution in [3.8, 4) is 11.5 Å². The molecule has 82 valence electrons. The maximum Gasteiger partial charge on any atom is 0.120 e. The monoisotopic (exact) mass is 208 g/mol. The highest BCUT2D eigenvalue weighted by Crippen LogP contribution is 2.17. The predicted octanol–water partition coefficient (Wildman–Crippen LogP) is 2.01. The van der Waals surface area contributed by atoms with Gasteiger partial charge in [-0.15, -0.1) is 0 Å². The topological polar surface area (TPSA) is 38.7 Å². The summed E-state index contributed by atoms with van der Waals surface area (Å²) in [6, 6.07) is 7.28. The smallest absolute Gasteiger partial charge is 0.120 e. The number of ether oxygens (including phenoxy) is 2. The number of aliphatic hydroxyl groups excluding tert-OH is 1. The van der Waals surface area contributed by atoms with E-state index in [4.69, 9.17) is 14.6 Å². The summed E-state index contributed by atoms with van der Waals surface area (Å²) in [5, 5.41) is 8.57. The van der Waals surface area contributed by atoms with E-state index in [1.807, 2.05) is 31.2 Å². The van der Waals surface area contributed by atoms with E-state index in [-0.39, 0.29) is 6.61 Å². The van der Waals surface area contributed by atoms with Crippen molar-refractivity contribution in [3.63, 3.8) is 0 Å². The zero-order chi connectivity index (χ0) is 11.1. The lowest BCUT2D eigenvalue weighted by atomic mass is 10.3. The van der Waals surface area contributed by atoms with Crippen molar-refractivity contribution in [2.45, 2.75) is 6.92 Å². The van der Waals surface area contributed by atoms with Crippen molar-refractivity contribution in [1.29, 1.82) is 0 Å². The van der Waals surface area contributed by atoms with Crippen molar-refractivity contribution < 1.29 is 14.6 Å². The van der Waals surface area contributed by atoms with Crippen molar-refractivity contribution in [2.24, 2.45) is 0 Å². The molecule has 3 nitrogen and oxygen atoms in total. The standard InChI is InChI=1S/C12H16O3/c1-10(2)9-15-12-5-3-11(4-6-12)14-8-7-13/h3-6,13H,1,7-9H2,2H3. The van der Waals surface area contributed by atoms with E-state index in [0.29, 0.717) is 13.2 Å². The number of hydrogen-bond donors (Lipinski definition) is 1. The second-order valence-corrected chi connectivity index (χ2v) is 3.29. The number of hydrogen-bond acceptors (Lipinski definition) is 3. The van der Waals surface area contributed by atoms with Crippen molar-refractivity contribution >= 4 is 0 Å². The van der Waals surface area contributed by atoms with Crippen LogP contribution in [0.25, 0.3) is 0 Å². The fourth-order valence-electron chi connectivity index (χ4n) is 1.00. The number of benzene rings is 1. The van der Waals surface area contributed by atoms with Crippen LogP contribution in [0.2, 0.25) is 0 Å². The average Bonchev–Trinajstić information content (AvgIpc) is 2.25. The van der Waals surface area contributed by atoms with Crippen LogP contribution in [-0.2, 0) is 0 Å². The Balaban J connectivity index is 2.45. The second-order valence-electron chi connectivity index (χ2n) is 3.29. The molecule has 0 saturated carbocycles. The van der Waals surface area contributed by atoms with Crippen LogP contribution < -0.4 is 9.47 Å². The van der Waals surface area contributed by atoms with Crippen molar-refractivity contribution in [2.75, 3.05) is 19.8 Å². The molecule has 0 bridgehead atoms. The fraction of sp³-hybridized carbons (Fsp3) is 0.333. The molecule has 0 unspecified atom stereocenters. The van der Waals surface area contributed by atoms with Gasteiger partial charge in [0.25, 0.3) is 0 Å². The molecule has 1 rings (SSSR count). The van der Waals surface area contributed by atoms with E-state index < -0.39 is 0 Å². The third kappa shape index (κ3) is 4.51. The van der Waals surface area contributed by atoms with Gasteiger partial charge in [0.15, 0.2) is 0 Å². The molecular weight excluding hydrogens is 192 g/mol. The Morgan fingerprint density at radius 3 is 2.20 bits per heavy atom. The largest absolute Gasteiger partial charge is 0.491 e. The maximum absolute atomic E-state index is 8.57. The van der Waals surface area contributed by atoms with Crippen molar-refractivity contribution in [1.82, 2.24) is 0 Å². The Hall–Kier alpha value is -1.48. The van der Waals surface area contributed by atoms with E-state index in [0.717, 1.165) is 17.1 Å². The van der Waals surface area contributed by atoms with E-state index >= 15 is 0 Å². The van der Waals surface area contributed by atoms with Gasteiger partial charge in [0.1, 0.15) is 24.7 Å². The summed E-state index contributed by atoms with van der Waals surface area (Å²) in [5.41, 5.74) is 0.982. The molecule has 0 heterocycles. The summed E-state index contributed by atoms with van der Waals surface area (Å²) in [6.07, 6.45) is 0. The minimum absolute atomic E-state index is 0.0217. The highest BCUT2D eigenvalue weighted by molar-refractivity contribution is 5.31. The van der Waals surface area contributed by atoms with Crippen LogP contribution in [0.3, 0.4) is 0 Å². The maximum atomic E-state index is 8.57. The molecule has 0 fully saturated rings. The molecule has 0 spiro atoms. The first kappa shape index (κ1) is 11.6. The highest BCUT2D eigenvalue weighted by Gasteiger charge is 1.96. The Labute approximate surface area is 90.0 Å². The molecule has 0 aliphatic carbocycles. The van der Waals surface area contributed by atoms with Gasteiger partial charge in [0.2, 0.25) is 0 Å². The van der Waals surface area contributed by atoms with Crippen LogP contribution in [0.4, 0.5) is 0 Å². The van der Waals surface area contributed by atoms with Crippen LogP contribution in [0.15, 0.2) is 36.4 Å². The Bertz CT molecular complexity index is 303. The normalized spacial score (nSPS) is 9.73. The number of aliphatic hydroxyl groups is 1. The Kier molecular flexibility index (Phi) is 4.71. The first-order valence-corrected chi connectivity index (χ1v) is 4.83. The molecule has 1 aromatic rings. The zero-order valence-electron chi connectivity index (χ0n) is 8.90. The van der Waals surface area contributed by atoms with E-state index in [2.05, 4.69) is 6.58 Å². The zero-order valence-corrected chi connectivity index (χ0v) is 8.90. The van der Waals surface area contributed by atoms with Crippen LogP contribution >= 0.6 is 0 Å². The summed E-state index contributed by atoms with van der Waals surface area (Å²) in [5.74, 6) is 1.51. The third-order valence-corrected chi connectivity index (χ3v) is 1.67. The molecule has 0 atom stereocenters. The van der Waals surface area contributed by atoms with Crippen LogP contribution in [0.5, 0.6) is 11.5 Å². The minimum atomic E-state index is 0.0217. The van der Waals surface area contributed by atoms with E-state index in [1.165, 1.54) is 0 Å². The molecule has 0 aliphatic rings. The molecule has 0 amide bonds. The first-order chi connectivity index (χ1) is 7.22. The SMILES string of the molecule is C=C(C)COc1ccc(OCCO)cc1. The third-order valence-electron chi connectivity index (χ3n) is 1.67. The van der Waals surface area contributed by atoms with E-state index in [9.17, 15) is 0 Å². The molecule has 0 aromatic heterocycles. The van der Waals surface area contributed by atoms with Crippen molar-refractivity contribution in [3.05, 3.63) is 36.4 Å². The first-order valence-electron chi connectivity index (χ1n) is 4.83. The van der Waals surface area contributed by atoms with Gasteiger partial charge >= 0.3 is 0 Å². The van der Waals surface area contributed by atoms with Gasteiger partial charge in [-0.05, 0) is 36.8 Å². The average molecular weight is 208 g/mol. The molecule has 0 saturated heterocycles. The van der Waals surface area contributed by atoms with Gasteiger partial charge in [-0.2, -0.15) is 0 Å². The number of rotatable bonds is 6. The molecule has 0 aliphatic heterocycles. The van der Waals surface area contributed by atoms with Gasteiger partial charge in [-0.25, -0.2) is 0 Å². The molecule has 15 heavy (non-hydrogen) atoms. The Morgan fingerprint density at radius 2 is 1.73 bits per heavy atom. The summed E-state index contributed by atoms with van der Waals surface area (Å²) in [4.78, 5) is 0. The predicted molar refractivity (Wildman–Crippen MR) is 59.3 cm³/mol. The second kappa shape index (κ2) is 6.09. The van der Waals surface area contributed by atoms with Crippen LogP contribution in [0.1, 0.15) is 6.92 Å². The Morgan fingerprint density at radius 1 is 1.20 bits per heavy atom. The lowest BCUT2D eigenvalue weighted by Gasteiger charge is -2.07. The molecule has 1 N–H and O–H groups in total. The minimum Gasteiger partial charge on any atom is -0.491 e. The van der Waals surface area contributed by atoms with Crippen LogP contribution in [-0.4, -0.2) is 24.9 Å². The highest BCUT2D eigenvalue weighted by atomic mass is 16.5. The van der Waals surface area contributed by atoms with Gasteiger partial charge in [0.05, 0.1) is 6.61 Å². The quantitative estimate of drug-likeness (QED) is 0.727. The molecule has 1 aromatic carbocycles. The molecular formula is C12H16O3. The lowest BCUT2D eigenvalue weighted by molar-refractivity contribution is 0.201. The van der Waals surface area contributed by atoms with Gasteiger partial charge < -0.3 is 14.6 Å². The lowest BCUT2D eigenvalue weighted by Crippen LogP contribution is -2.01. The molecule has 0 radical (unpaired) electrons. The van der Waals surface area contributed by atoms with Gasteiger partial charge in [-0.3, -0.25) is 0 Å². The van der Waals surface area contributed by atoms with E-state index in [1.54, 1.807) is 0 Å².